The molecule has 0 amide bonds. The van der Waals surface area contributed by atoms with Crippen molar-refractivity contribution in [2.45, 2.75) is 25.2 Å². The van der Waals surface area contributed by atoms with Crippen LogP contribution in [0.5, 0.6) is 0 Å². The molecule has 3 atom stereocenters. The zero-order valence-corrected chi connectivity index (χ0v) is 14.1. The van der Waals surface area contributed by atoms with Crippen LogP contribution < -0.4 is 0 Å². The zero-order chi connectivity index (χ0) is 15.6. The van der Waals surface area contributed by atoms with Crippen LogP contribution in [-0.2, 0) is 9.47 Å². The number of hydrogen-bond donors (Lipinski definition) is 0. The van der Waals surface area contributed by atoms with Crippen molar-refractivity contribution < 1.29 is 9.47 Å². The van der Waals surface area contributed by atoms with Crippen molar-refractivity contribution >= 4 is 20.4 Å². The third-order valence-electron chi connectivity index (χ3n) is 4.18. The fourth-order valence-electron chi connectivity index (χ4n) is 2.79. The summed E-state index contributed by atoms with van der Waals surface area (Å²) in [6.07, 6.45) is 6.40. The van der Waals surface area contributed by atoms with Crippen LogP contribution in [0.3, 0.4) is 0 Å². The number of aromatic nitrogens is 3. The van der Waals surface area contributed by atoms with E-state index in [4.69, 9.17) is 9.47 Å². The minimum absolute atomic E-state index is 0.0121. The average Bonchev–Trinajstić information content (AvgIpc) is 3.28. The largest absolute Gasteiger partial charge is 0.499 e. The van der Waals surface area contributed by atoms with E-state index in [-0.39, 0.29) is 12.3 Å². The van der Waals surface area contributed by atoms with Crippen LogP contribution in [0.1, 0.15) is 19.1 Å². The van der Waals surface area contributed by atoms with E-state index in [2.05, 4.69) is 30.4 Å². The molecule has 0 bridgehead atoms. The van der Waals surface area contributed by atoms with Crippen molar-refractivity contribution in [2.75, 3.05) is 19.7 Å². The molecule has 2 aromatic rings. The maximum absolute atomic E-state index is 6.18. The van der Waals surface area contributed by atoms with Gasteiger partial charge in [0.2, 0.25) is 0 Å². The van der Waals surface area contributed by atoms with Gasteiger partial charge < -0.3 is 9.47 Å². The third kappa shape index (κ3) is 3.55. The molecule has 1 aromatic heterocycles. The third-order valence-corrected chi connectivity index (χ3v) is 4.60. The SMILES string of the molecule is PN1CC(COC=CC2CC2)OC(n2nnc3ccccc32)C1. The highest BCUT2D eigenvalue weighted by atomic mass is 31.0. The fraction of sp³-hybridized carbons (Fsp3) is 0.500. The fourth-order valence-corrected chi connectivity index (χ4v) is 3.21. The van der Waals surface area contributed by atoms with Crippen LogP contribution in [0.4, 0.5) is 0 Å². The Labute approximate surface area is 137 Å². The Morgan fingerprint density at radius 3 is 3.04 bits per heavy atom. The molecule has 1 aliphatic carbocycles. The zero-order valence-electron chi connectivity index (χ0n) is 12.9. The molecular weight excluding hydrogens is 311 g/mol. The molecule has 7 heteroatoms. The van der Waals surface area contributed by atoms with Gasteiger partial charge in [-0.05, 0) is 37.0 Å². The van der Waals surface area contributed by atoms with Gasteiger partial charge >= 0.3 is 0 Å². The molecule has 23 heavy (non-hydrogen) atoms. The highest BCUT2D eigenvalue weighted by Crippen LogP contribution is 2.30. The molecule has 0 N–H and O–H groups in total. The van der Waals surface area contributed by atoms with Crippen molar-refractivity contribution in [3.8, 4) is 0 Å². The van der Waals surface area contributed by atoms with E-state index < -0.39 is 0 Å². The number of fused-ring (bicyclic) bond motifs is 1. The van der Waals surface area contributed by atoms with Crippen molar-refractivity contribution in [3.05, 3.63) is 36.6 Å². The molecule has 6 nitrogen and oxygen atoms in total. The van der Waals surface area contributed by atoms with Crippen molar-refractivity contribution in [2.24, 2.45) is 5.92 Å². The van der Waals surface area contributed by atoms with Crippen LogP contribution in [0.15, 0.2) is 36.6 Å². The standard InChI is InChI=1S/C16H21N4O2P/c23-19-9-13(11-21-8-7-12-5-6-12)22-16(10-19)20-15-4-2-1-3-14(15)17-18-20/h1-4,7-8,12-13,16H,5-6,9-11,23H2. The Morgan fingerprint density at radius 1 is 1.30 bits per heavy atom. The molecule has 2 fully saturated rings. The summed E-state index contributed by atoms with van der Waals surface area (Å²) in [5.41, 5.74) is 1.88. The first-order valence-corrected chi connectivity index (χ1v) is 8.54. The molecular formula is C16H21N4O2P. The molecule has 1 saturated carbocycles. The first-order valence-electron chi connectivity index (χ1n) is 8.03. The van der Waals surface area contributed by atoms with Crippen LogP contribution in [0, 0.1) is 5.92 Å². The molecule has 2 heterocycles. The Hall–Kier alpha value is -1.49. The summed E-state index contributed by atoms with van der Waals surface area (Å²) in [4.78, 5) is 0. The van der Waals surface area contributed by atoms with Gasteiger partial charge in [0.15, 0.2) is 6.23 Å². The van der Waals surface area contributed by atoms with E-state index in [1.165, 1.54) is 12.8 Å². The minimum Gasteiger partial charge on any atom is -0.499 e. The topological polar surface area (TPSA) is 52.4 Å². The molecule has 1 aliphatic heterocycles. The van der Waals surface area contributed by atoms with Gasteiger partial charge in [-0.1, -0.05) is 26.7 Å². The molecule has 2 aliphatic rings. The maximum atomic E-state index is 6.18. The number of para-hydroxylation sites is 1. The lowest BCUT2D eigenvalue weighted by Crippen LogP contribution is -2.43. The van der Waals surface area contributed by atoms with Gasteiger partial charge in [-0.25, -0.2) is 4.68 Å². The summed E-state index contributed by atoms with van der Waals surface area (Å²) in [5, 5.41) is 8.48. The number of rotatable bonds is 5. The number of allylic oxidation sites excluding steroid dienone is 1. The normalized spacial score (nSPS) is 26.1. The monoisotopic (exact) mass is 332 g/mol. The van der Waals surface area contributed by atoms with Gasteiger partial charge in [-0.2, -0.15) is 0 Å². The molecule has 1 aromatic carbocycles. The molecule has 0 spiro atoms. The van der Waals surface area contributed by atoms with Crippen LogP contribution in [-0.4, -0.2) is 45.5 Å². The second-order valence-corrected chi connectivity index (χ2v) is 6.92. The Kier molecular flexibility index (Phi) is 4.29. The molecule has 122 valence electrons. The Bertz CT molecular complexity index is 700. The quantitative estimate of drug-likeness (QED) is 0.621. The summed E-state index contributed by atoms with van der Waals surface area (Å²) in [7, 11) is 2.76. The van der Waals surface area contributed by atoms with Crippen LogP contribution in [0.2, 0.25) is 0 Å². The predicted octanol–water partition coefficient (Wildman–Crippen LogP) is 2.36. The van der Waals surface area contributed by atoms with E-state index in [9.17, 15) is 0 Å². The molecule has 3 unspecified atom stereocenters. The number of benzene rings is 1. The first-order chi connectivity index (χ1) is 11.3. The van der Waals surface area contributed by atoms with Crippen LogP contribution >= 0.6 is 9.39 Å². The lowest BCUT2D eigenvalue weighted by molar-refractivity contribution is -0.120. The van der Waals surface area contributed by atoms with E-state index in [1.807, 2.05) is 35.2 Å². The maximum Gasteiger partial charge on any atom is 0.166 e. The Morgan fingerprint density at radius 2 is 2.17 bits per heavy atom. The molecule has 0 radical (unpaired) electrons. The summed E-state index contributed by atoms with van der Waals surface area (Å²) in [6.45, 7) is 2.13. The number of ether oxygens (including phenoxy) is 2. The predicted molar refractivity (Wildman–Crippen MR) is 90.5 cm³/mol. The number of morpholine rings is 1. The Balaban J connectivity index is 1.43. The summed E-state index contributed by atoms with van der Waals surface area (Å²) < 4.78 is 15.8. The molecule has 4 rings (SSSR count). The van der Waals surface area contributed by atoms with E-state index in [0.717, 1.165) is 30.0 Å². The van der Waals surface area contributed by atoms with E-state index in [1.54, 1.807) is 0 Å². The van der Waals surface area contributed by atoms with E-state index >= 15 is 0 Å². The van der Waals surface area contributed by atoms with Gasteiger partial charge in [0.1, 0.15) is 18.2 Å². The minimum atomic E-state index is -0.158. The highest BCUT2D eigenvalue weighted by Gasteiger charge is 2.29. The molecule has 1 saturated heterocycles. The lowest BCUT2D eigenvalue weighted by Gasteiger charge is -2.35. The average molecular weight is 332 g/mol. The van der Waals surface area contributed by atoms with E-state index in [0.29, 0.717) is 6.61 Å². The van der Waals surface area contributed by atoms with Gasteiger partial charge in [0.25, 0.3) is 0 Å². The van der Waals surface area contributed by atoms with Crippen molar-refractivity contribution in [1.82, 2.24) is 19.7 Å². The van der Waals surface area contributed by atoms with Gasteiger partial charge in [-0.3, -0.25) is 4.67 Å². The van der Waals surface area contributed by atoms with Gasteiger partial charge in [0.05, 0.1) is 11.8 Å². The summed E-state index contributed by atoms with van der Waals surface area (Å²) in [5.74, 6) is 0.731. The second kappa shape index (κ2) is 6.56. The highest BCUT2D eigenvalue weighted by molar-refractivity contribution is 7.13. The van der Waals surface area contributed by atoms with Crippen molar-refractivity contribution in [1.29, 1.82) is 0 Å². The number of hydrogen-bond acceptors (Lipinski definition) is 5. The number of nitrogens with zero attached hydrogens (tertiary/aromatic N) is 4. The van der Waals surface area contributed by atoms with Crippen molar-refractivity contribution in [3.63, 3.8) is 0 Å². The first kappa shape index (κ1) is 15.1. The summed E-state index contributed by atoms with van der Waals surface area (Å²) in [6, 6.07) is 7.94. The van der Waals surface area contributed by atoms with Crippen LogP contribution in [0.25, 0.3) is 11.0 Å². The lowest BCUT2D eigenvalue weighted by atomic mass is 10.3. The second-order valence-electron chi connectivity index (χ2n) is 6.19. The van der Waals surface area contributed by atoms with Gasteiger partial charge in [-0.15, -0.1) is 5.10 Å². The summed E-state index contributed by atoms with van der Waals surface area (Å²) >= 11 is 0. The van der Waals surface area contributed by atoms with Gasteiger partial charge in [0, 0.05) is 13.1 Å². The smallest absolute Gasteiger partial charge is 0.166 e.